The number of unbranched alkanes of at least 4 members (excludes halogenated alkanes) is 47. The van der Waals surface area contributed by atoms with Crippen molar-refractivity contribution in [3.63, 3.8) is 0 Å². The van der Waals surface area contributed by atoms with Crippen molar-refractivity contribution in [1.82, 2.24) is 0 Å². The highest BCUT2D eigenvalue weighted by atomic mass is 16.6. The van der Waals surface area contributed by atoms with Gasteiger partial charge in [-0.05, 0) is 103 Å². The van der Waals surface area contributed by atoms with E-state index in [2.05, 4.69) is 81.5 Å². The van der Waals surface area contributed by atoms with Crippen LogP contribution in [0.5, 0.6) is 0 Å². The van der Waals surface area contributed by atoms with Crippen molar-refractivity contribution in [3.05, 3.63) is 60.8 Å². The summed E-state index contributed by atoms with van der Waals surface area (Å²) >= 11 is 0. The van der Waals surface area contributed by atoms with Gasteiger partial charge in [0.05, 0.1) is 0 Å². The van der Waals surface area contributed by atoms with Crippen molar-refractivity contribution in [2.45, 2.75) is 399 Å². The summed E-state index contributed by atoms with van der Waals surface area (Å²) in [7, 11) is 0. The molecule has 0 radical (unpaired) electrons. The Kier molecular flexibility index (Phi) is 69.1. The topological polar surface area (TPSA) is 78.9 Å². The van der Waals surface area contributed by atoms with Gasteiger partial charge in [0.2, 0.25) is 0 Å². The summed E-state index contributed by atoms with van der Waals surface area (Å²) in [5.74, 6) is -0.872. The molecule has 0 aromatic rings. The van der Waals surface area contributed by atoms with E-state index in [4.69, 9.17) is 14.2 Å². The highest BCUT2D eigenvalue weighted by Gasteiger charge is 2.19. The maximum Gasteiger partial charge on any atom is 0.306 e. The van der Waals surface area contributed by atoms with E-state index in [9.17, 15) is 14.4 Å². The number of esters is 3. The van der Waals surface area contributed by atoms with Crippen LogP contribution < -0.4 is 0 Å². The number of ether oxygens (including phenoxy) is 3. The Morgan fingerprint density at radius 1 is 0.241 bits per heavy atom. The number of allylic oxidation sites excluding steroid dienone is 10. The fourth-order valence-corrected chi connectivity index (χ4v) is 10.9. The molecule has 6 nitrogen and oxygen atoms in total. The predicted octanol–water partition coefficient (Wildman–Crippen LogP) is 25.5. The zero-order chi connectivity index (χ0) is 59.9. The molecule has 484 valence electrons. The van der Waals surface area contributed by atoms with Gasteiger partial charge in [0, 0.05) is 19.3 Å². The highest BCUT2D eigenvalue weighted by molar-refractivity contribution is 5.71. The number of carbonyl (C=O) groups is 3. The van der Waals surface area contributed by atoms with E-state index in [1.165, 1.54) is 270 Å². The van der Waals surface area contributed by atoms with Crippen molar-refractivity contribution in [3.8, 4) is 0 Å². The minimum atomic E-state index is -0.782. The fourth-order valence-electron chi connectivity index (χ4n) is 10.9. The second-order valence-electron chi connectivity index (χ2n) is 24.8. The van der Waals surface area contributed by atoms with Gasteiger partial charge in [-0.1, -0.05) is 332 Å². The van der Waals surface area contributed by atoms with Crippen molar-refractivity contribution in [2.75, 3.05) is 13.2 Å². The number of hydrogen-bond acceptors (Lipinski definition) is 6. The van der Waals surface area contributed by atoms with Gasteiger partial charge in [-0.25, -0.2) is 0 Å². The molecule has 6 heteroatoms. The largest absolute Gasteiger partial charge is 0.462 e. The van der Waals surface area contributed by atoms with Crippen LogP contribution >= 0.6 is 0 Å². The van der Waals surface area contributed by atoms with Gasteiger partial charge < -0.3 is 14.2 Å². The summed E-state index contributed by atoms with van der Waals surface area (Å²) in [4.78, 5) is 38.4. The van der Waals surface area contributed by atoms with Crippen LogP contribution in [0.1, 0.15) is 393 Å². The van der Waals surface area contributed by atoms with Gasteiger partial charge in [-0.2, -0.15) is 0 Å². The van der Waals surface area contributed by atoms with Gasteiger partial charge in [-0.3, -0.25) is 14.4 Å². The van der Waals surface area contributed by atoms with Gasteiger partial charge >= 0.3 is 17.9 Å². The van der Waals surface area contributed by atoms with Gasteiger partial charge in [-0.15, -0.1) is 0 Å². The SMILES string of the molecule is CCCC/C=C\CCCCCCCC(=O)OCC(COC(=O)CCCCCCCCCCCCCCCCCCCCC/C=C\CCCCCCCCCC)OC(=O)CCCCCCCCCC/C=C\C/C=C\C/C=C\CCCCCCC. The summed E-state index contributed by atoms with van der Waals surface area (Å²) < 4.78 is 17.0. The molecule has 0 rings (SSSR count). The lowest BCUT2D eigenvalue weighted by molar-refractivity contribution is -0.167. The molecule has 0 bridgehead atoms. The number of carbonyl (C=O) groups excluding carboxylic acids is 3. The monoisotopic (exact) mass is 1160 g/mol. The third-order valence-electron chi connectivity index (χ3n) is 16.5. The third kappa shape index (κ3) is 69.8. The molecule has 1 unspecified atom stereocenters. The zero-order valence-corrected chi connectivity index (χ0v) is 55.7. The maximum absolute atomic E-state index is 12.9. The minimum Gasteiger partial charge on any atom is -0.462 e. The highest BCUT2D eigenvalue weighted by Crippen LogP contribution is 2.18. The Balaban J connectivity index is 4.15. The molecule has 0 saturated carbocycles. The molecule has 0 saturated heterocycles. The smallest absolute Gasteiger partial charge is 0.306 e. The lowest BCUT2D eigenvalue weighted by atomic mass is 10.0. The summed E-state index contributed by atoms with van der Waals surface area (Å²) in [6, 6.07) is 0. The van der Waals surface area contributed by atoms with Gasteiger partial charge in [0.15, 0.2) is 6.10 Å². The van der Waals surface area contributed by atoms with Crippen molar-refractivity contribution in [1.29, 1.82) is 0 Å². The molecule has 0 aliphatic carbocycles. The second-order valence-corrected chi connectivity index (χ2v) is 24.8. The van der Waals surface area contributed by atoms with Crippen LogP contribution in [0.25, 0.3) is 0 Å². The molecular weight excluding hydrogens is 1020 g/mol. The van der Waals surface area contributed by atoms with Gasteiger partial charge in [0.25, 0.3) is 0 Å². The van der Waals surface area contributed by atoms with Crippen LogP contribution in [0.2, 0.25) is 0 Å². The van der Waals surface area contributed by atoms with E-state index in [1.807, 2.05) is 0 Å². The van der Waals surface area contributed by atoms with E-state index >= 15 is 0 Å². The average molecular weight is 1160 g/mol. The lowest BCUT2D eigenvalue weighted by Crippen LogP contribution is -2.30. The molecule has 0 aliphatic rings. The molecule has 0 amide bonds. The van der Waals surface area contributed by atoms with E-state index < -0.39 is 6.10 Å². The maximum atomic E-state index is 12.9. The van der Waals surface area contributed by atoms with E-state index in [0.717, 1.165) is 83.5 Å². The number of hydrogen-bond donors (Lipinski definition) is 0. The van der Waals surface area contributed by atoms with Crippen LogP contribution in [-0.2, 0) is 28.6 Å². The molecule has 0 aliphatic heterocycles. The van der Waals surface area contributed by atoms with Crippen LogP contribution in [0, 0.1) is 0 Å². The molecule has 0 aromatic heterocycles. The fraction of sp³-hybridized carbons (Fsp3) is 0.831. The molecule has 1 atom stereocenters. The van der Waals surface area contributed by atoms with Crippen molar-refractivity contribution < 1.29 is 28.6 Å². The van der Waals surface area contributed by atoms with Crippen LogP contribution in [0.3, 0.4) is 0 Å². The number of rotatable bonds is 68. The third-order valence-corrected chi connectivity index (χ3v) is 16.5. The average Bonchev–Trinajstić information content (AvgIpc) is 3.48. The Bertz CT molecular complexity index is 1470. The zero-order valence-electron chi connectivity index (χ0n) is 55.7. The predicted molar refractivity (Wildman–Crippen MR) is 362 cm³/mol. The molecule has 0 spiro atoms. The van der Waals surface area contributed by atoms with Crippen LogP contribution in [0.15, 0.2) is 60.8 Å². The Morgan fingerprint density at radius 2 is 0.446 bits per heavy atom. The normalized spacial score (nSPS) is 12.4. The van der Waals surface area contributed by atoms with E-state index in [0.29, 0.717) is 19.3 Å². The first kappa shape index (κ1) is 80.1. The van der Waals surface area contributed by atoms with E-state index in [1.54, 1.807) is 0 Å². The van der Waals surface area contributed by atoms with E-state index in [-0.39, 0.29) is 31.1 Å². The van der Waals surface area contributed by atoms with Crippen molar-refractivity contribution >= 4 is 17.9 Å². The molecule has 0 heterocycles. The van der Waals surface area contributed by atoms with Crippen LogP contribution in [-0.4, -0.2) is 37.2 Å². The first-order chi connectivity index (χ1) is 41.0. The summed E-state index contributed by atoms with van der Waals surface area (Å²) in [6.45, 7) is 6.63. The first-order valence-corrected chi connectivity index (χ1v) is 36.8. The Labute approximate surface area is 517 Å². The lowest BCUT2D eigenvalue weighted by Gasteiger charge is -2.18. The molecule has 0 fully saturated rings. The molecular formula is C77H140O6. The molecule has 0 aromatic carbocycles. The minimum absolute atomic E-state index is 0.0765. The summed E-state index contributed by atoms with van der Waals surface area (Å²) in [5, 5.41) is 0. The summed E-state index contributed by atoms with van der Waals surface area (Å²) in [5.41, 5.74) is 0. The standard InChI is InChI=1S/C77H140O6/c1-4-7-10-13-16-19-22-24-26-28-30-32-34-35-36-37-38-39-40-41-43-44-46-48-50-52-55-58-61-64-67-70-76(79)82-73-74(72-81-75(78)69-66-63-60-57-54-21-18-15-12-9-6-3)83-77(80)71-68-65-62-59-56-53-51-49-47-45-42-33-31-29-27-25-23-20-17-14-11-8-5-2/h15,18,23,25,28-31,42,45,74H,4-14,16-17,19-22,24,26-27,32-41,43-44,46-73H2,1-3H3/b18-15-,25-23-,30-28-,31-29-,45-42-. The Hall–Kier alpha value is -2.89. The van der Waals surface area contributed by atoms with Crippen molar-refractivity contribution in [2.24, 2.45) is 0 Å². The Morgan fingerprint density at radius 3 is 0.723 bits per heavy atom. The second kappa shape index (κ2) is 71.6. The van der Waals surface area contributed by atoms with Crippen LogP contribution in [0.4, 0.5) is 0 Å². The summed E-state index contributed by atoms with van der Waals surface area (Å²) in [6.07, 6.45) is 92.7. The first-order valence-electron chi connectivity index (χ1n) is 36.8. The molecule has 83 heavy (non-hydrogen) atoms. The van der Waals surface area contributed by atoms with Gasteiger partial charge in [0.1, 0.15) is 13.2 Å². The quantitative estimate of drug-likeness (QED) is 0.0261. The molecule has 0 N–H and O–H groups in total.